The average Bonchev–Trinajstić information content (AvgIpc) is 2.61. The predicted octanol–water partition coefficient (Wildman–Crippen LogP) is 2.88. The van der Waals surface area contributed by atoms with Crippen LogP contribution >= 0.6 is 12.6 Å². The number of carbonyl (C=O) groups is 3. The summed E-state index contributed by atoms with van der Waals surface area (Å²) in [4.78, 5) is 39.3. The molecule has 3 amide bonds. The lowest BCUT2D eigenvalue weighted by atomic mass is 10.0. The molecule has 2 atom stereocenters. The minimum absolute atomic E-state index is 0.0291. The highest BCUT2D eigenvalue weighted by atomic mass is 32.1. The van der Waals surface area contributed by atoms with Crippen LogP contribution < -0.4 is 10.6 Å². The molecule has 2 N–H and O–H groups in total. The van der Waals surface area contributed by atoms with Gasteiger partial charge in [-0.05, 0) is 47.1 Å². The molecule has 0 bridgehead atoms. The van der Waals surface area contributed by atoms with E-state index < -0.39 is 41.1 Å². The summed E-state index contributed by atoms with van der Waals surface area (Å²) in [7, 11) is 0. The molecule has 0 aliphatic rings. The first-order valence-electron chi connectivity index (χ1n) is 9.55. The van der Waals surface area contributed by atoms with Crippen LogP contribution in [0.25, 0.3) is 0 Å². The van der Waals surface area contributed by atoms with Crippen molar-refractivity contribution in [3.63, 3.8) is 0 Å². The lowest BCUT2D eigenvalue weighted by molar-refractivity contribution is -0.138. The number of alkyl carbamates (subject to hydrolysis) is 1. The van der Waals surface area contributed by atoms with E-state index in [0.29, 0.717) is 5.56 Å². The summed E-state index contributed by atoms with van der Waals surface area (Å²) in [6.45, 7) is 10.6. The van der Waals surface area contributed by atoms with Crippen molar-refractivity contribution in [2.75, 3.05) is 5.75 Å². The lowest BCUT2D eigenvalue weighted by Crippen LogP contribution is -2.53. The van der Waals surface area contributed by atoms with Crippen molar-refractivity contribution in [2.45, 2.75) is 64.8 Å². The summed E-state index contributed by atoms with van der Waals surface area (Å²) < 4.78 is 5.21. The normalized spacial score (nSPS) is 13.4. The van der Waals surface area contributed by atoms with Gasteiger partial charge in [0.1, 0.15) is 17.7 Å². The third-order valence-electron chi connectivity index (χ3n) is 3.67. The highest BCUT2D eigenvalue weighted by molar-refractivity contribution is 7.80. The van der Waals surface area contributed by atoms with Crippen LogP contribution in [0.2, 0.25) is 0 Å². The van der Waals surface area contributed by atoms with Crippen LogP contribution in [0.15, 0.2) is 30.3 Å². The van der Waals surface area contributed by atoms with Gasteiger partial charge in [-0.15, -0.1) is 0 Å². The molecule has 1 aromatic carbocycles. The Balaban J connectivity index is 3.22. The number of hydrogen-bond donors (Lipinski definition) is 3. The minimum atomic E-state index is -1.08. The number of amides is 3. The molecule has 0 aliphatic carbocycles. The standard InChI is InChI=1S/C22H31N3O4S/c1-8-25(19(27)16(14-30)23-20(28)29-22(5,6)7)17(15-12-10-9-11-13-15)18(26)24-21(2,3)4/h1,9-13,16-17,30H,14H2,2-7H3,(H,23,28)(H,24,26). The van der Waals surface area contributed by atoms with Crippen molar-refractivity contribution < 1.29 is 19.1 Å². The van der Waals surface area contributed by atoms with Crippen molar-refractivity contribution >= 4 is 30.5 Å². The molecule has 0 fully saturated rings. The van der Waals surface area contributed by atoms with Crippen molar-refractivity contribution in [1.82, 2.24) is 15.5 Å². The zero-order valence-corrected chi connectivity index (χ0v) is 19.2. The van der Waals surface area contributed by atoms with E-state index in [1.165, 1.54) is 0 Å². The van der Waals surface area contributed by atoms with Gasteiger partial charge in [0.25, 0.3) is 5.91 Å². The van der Waals surface area contributed by atoms with E-state index in [9.17, 15) is 14.4 Å². The van der Waals surface area contributed by atoms with Crippen LogP contribution in [-0.2, 0) is 14.3 Å². The van der Waals surface area contributed by atoms with E-state index >= 15 is 0 Å². The highest BCUT2D eigenvalue weighted by Gasteiger charge is 2.36. The number of hydrogen-bond acceptors (Lipinski definition) is 5. The monoisotopic (exact) mass is 433 g/mol. The molecule has 0 radical (unpaired) electrons. The van der Waals surface area contributed by atoms with Gasteiger partial charge in [-0.25, -0.2) is 4.79 Å². The maximum Gasteiger partial charge on any atom is 0.408 e. The van der Waals surface area contributed by atoms with Crippen molar-refractivity contribution in [3.8, 4) is 12.5 Å². The maximum atomic E-state index is 13.2. The Labute approximate surface area is 184 Å². The maximum absolute atomic E-state index is 13.2. The molecule has 0 aromatic heterocycles. The third-order valence-corrected chi connectivity index (χ3v) is 4.03. The topological polar surface area (TPSA) is 87.7 Å². The molecule has 0 heterocycles. The van der Waals surface area contributed by atoms with Gasteiger partial charge in [0, 0.05) is 17.3 Å². The van der Waals surface area contributed by atoms with E-state index in [1.807, 2.05) is 20.8 Å². The molecule has 164 valence electrons. The van der Waals surface area contributed by atoms with E-state index in [2.05, 4.69) is 29.3 Å². The summed E-state index contributed by atoms with van der Waals surface area (Å²) in [6, 6.07) is 8.86. The summed E-state index contributed by atoms with van der Waals surface area (Å²) in [5.74, 6) is -1.11. The van der Waals surface area contributed by atoms with Crippen LogP contribution in [0.5, 0.6) is 0 Å². The highest BCUT2D eigenvalue weighted by Crippen LogP contribution is 2.23. The Hall–Kier alpha value is -2.66. The fourth-order valence-electron chi connectivity index (χ4n) is 2.56. The second-order valence-electron chi connectivity index (χ2n) is 8.77. The SMILES string of the molecule is C#CN(C(=O)C(CS)NC(=O)OC(C)(C)C)C(C(=O)NC(C)(C)C)c1ccccc1. The van der Waals surface area contributed by atoms with Gasteiger partial charge >= 0.3 is 6.09 Å². The van der Waals surface area contributed by atoms with Crippen molar-refractivity contribution in [2.24, 2.45) is 0 Å². The molecule has 0 aliphatic heterocycles. The molecular weight excluding hydrogens is 402 g/mol. The molecule has 1 rings (SSSR count). The van der Waals surface area contributed by atoms with Crippen LogP contribution in [0.3, 0.4) is 0 Å². The lowest BCUT2D eigenvalue weighted by Gasteiger charge is -2.32. The minimum Gasteiger partial charge on any atom is -0.444 e. The zero-order chi connectivity index (χ0) is 23.1. The molecule has 8 heteroatoms. The number of ether oxygens (including phenoxy) is 1. The number of nitrogens with one attached hydrogen (secondary N) is 2. The van der Waals surface area contributed by atoms with Crippen LogP contribution in [0.4, 0.5) is 4.79 Å². The van der Waals surface area contributed by atoms with Gasteiger partial charge in [0.2, 0.25) is 5.91 Å². The van der Waals surface area contributed by atoms with Gasteiger partial charge in [-0.1, -0.05) is 36.8 Å². The van der Waals surface area contributed by atoms with Crippen LogP contribution in [0, 0.1) is 12.5 Å². The quantitative estimate of drug-likeness (QED) is 0.366. The zero-order valence-electron chi connectivity index (χ0n) is 18.4. The average molecular weight is 434 g/mol. The van der Waals surface area contributed by atoms with Crippen LogP contribution in [0.1, 0.15) is 53.1 Å². The molecule has 2 unspecified atom stereocenters. The number of carbonyl (C=O) groups excluding carboxylic acids is 3. The van der Waals surface area contributed by atoms with Gasteiger partial charge in [-0.3, -0.25) is 14.5 Å². The largest absolute Gasteiger partial charge is 0.444 e. The number of rotatable bonds is 6. The Kier molecular flexibility index (Phi) is 8.79. The molecule has 0 saturated carbocycles. The first-order valence-corrected chi connectivity index (χ1v) is 10.2. The summed E-state index contributed by atoms with van der Waals surface area (Å²) in [5.41, 5.74) is -0.731. The Bertz CT molecular complexity index is 791. The molecule has 7 nitrogen and oxygen atoms in total. The molecule has 30 heavy (non-hydrogen) atoms. The number of terminal acetylenes is 1. The third kappa shape index (κ3) is 7.99. The summed E-state index contributed by atoms with van der Waals surface area (Å²) in [5, 5.41) is 5.33. The summed E-state index contributed by atoms with van der Waals surface area (Å²) in [6.07, 6.45) is 4.87. The first-order chi connectivity index (χ1) is 13.8. The van der Waals surface area contributed by atoms with Gasteiger partial charge in [-0.2, -0.15) is 12.6 Å². The van der Waals surface area contributed by atoms with Gasteiger partial charge in [0.15, 0.2) is 0 Å². The number of benzene rings is 1. The first kappa shape index (κ1) is 25.4. The van der Waals surface area contributed by atoms with Gasteiger partial charge < -0.3 is 15.4 Å². The van der Waals surface area contributed by atoms with Crippen molar-refractivity contribution in [1.29, 1.82) is 0 Å². The van der Waals surface area contributed by atoms with Crippen molar-refractivity contribution in [3.05, 3.63) is 35.9 Å². The van der Waals surface area contributed by atoms with E-state index in [4.69, 9.17) is 11.2 Å². The van der Waals surface area contributed by atoms with Gasteiger partial charge in [0.05, 0.1) is 0 Å². The Morgan fingerprint density at radius 1 is 1.13 bits per heavy atom. The number of thiol groups is 1. The van der Waals surface area contributed by atoms with E-state index in [0.717, 1.165) is 4.90 Å². The fraction of sp³-hybridized carbons (Fsp3) is 0.500. The second-order valence-corrected chi connectivity index (χ2v) is 9.14. The Morgan fingerprint density at radius 2 is 1.70 bits per heavy atom. The fourth-order valence-corrected chi connectivity index (χ4v) is 2.81. The molecule has 0 spiro atoms. The van der Waals surface area contributed by atoms with E-state index in [-0.39, 0.29) is 5.75 Å². The summed E-state index contributed by atoms with van der Waals surface area (Å²) >= 11 is 4.16. The van der Waals surface area contributed by atoms with Crippen LogP contribution in [-0.4, -0.2) is 45.7 Å². The molecular formula is C22H31N3O4S. The molecule has 0 saturated heterocycles. The number of nitrogens with zero attached hydrogens (tertiary/aromatic N) is 1. The smallest absolute Gasteiger partial charge is 0.408 e. The Morgan fingerprint density at radius 3 is 2.13 bits per heavy atom. The van der Waals surface area contributed by atoms with E-state index in [1.54, 1.807) is 51.1 Å². The second kappa shape index (κ2) is 10.4. The predicted molar refractivity (Wildman–Crippen MR) is 120 cm³/mol. The molecule has 1 aromatic rings.